The number of nitrogens with one attached hydrogen (secondary N) is 1. The van der Waals surface area contributed by atoms with E-state index in [2.05, 4.69) is 5.32 Å². The second-order valence-corrected chi connectivity index (χ2v) is 2.86. The Kier molecular flexibility index (Phi) is 1.96. The van der Waals surface area contributed by atoms with Crippen molar-refractivity contribution in [1.29, 1.82) is 0 Å². The van der Waals surface area contributed by atoms with Crippen LogP contribution in [0.5, 0.6) is 5.75 Å². The topological polar surface area (TPSA) is 21.3 Å². The van der Waals surface area contributed by atoms with Crippen molar-refractivity contribution >= 4 is 0 Å². The number of ether oxygens (including phenoxy) is 1. The van der Waals surface area contributed by atoms with Gasteiger partial charge in [0.05, 0.1) is 0 Å². The van der Waals surface area contributed by atoms with Crippen molar-refractivity contribution in [1.82, 2.24) is 5.32 Å². The summed E-state index contributed by atoms with van der Waals surface area (Å²) < 4.78 is 18.1. The molecular formula is C9H10FNO. The van der Waals surface area contributed by atoms with E-state index < -0.39 is 0 Å². The standard InChI is InChI=1S/C9H10FNO/c10-7-2-1-3-8(4-7)12-9-5-11-6-9/h1-4,9,11H,5-6H2. The van der Waals surface area contributed by atoms with Gasteiger partial charge >= 0.3 is 0 Å². The van der Waals surface area contributed by atoms with Gasteiger partial charge in [0.1, 0.15) is 17.7 Å². The van der Waals surface area contributed by atoms with Crippen LogP contribution in [0, 0.1) is 5.82 Å². The first kappa shape index (κ1) is 7.55. The Morgan fingerprint density at radius 2 is 2.25 bits per heavy atom. The molecule has 0 radical (unpaired) electrons. The molecule has 2 rings (SSSR count). The van der Waals surface area contributed by atoms with E-state index in [9.17, 15) is 4.39 Å². The molecule has 1 aliphatic heterocycles. The third-order valence-electron chi connectivity index (χ3n) is 1.84. The molecule has 1 aromatic carbocycles. The molecule has 1 saturated heterocycles. The van der Waals surface area contributed by atoms with Gasteiger partial charge in [-0.2, -0.15) is 0 Å². The van der Waals surface area contributed by atoms with Gasteiger partial charge in [-0.1, -0.05) is 6.07 Å². The van der Waals surface area contributed by atoms with Gasteiger partial charge in [0.25, 0.3) is 0 Å². The zero-order valence-electron chi connectivity index (χ0n) is 6.59. The van der Waals surface area contributed by atoms with Crippen LogP contribution in [-0.2, 0) is 0 Å². The summed E-state index contributed by atoms with van der Waals surface area (Å²) in [6.07, 6.45) is 0.215. The second kappa shape index (κ2) is 3.11. The van der Waals surface area contributed by atoms with Crippen molar-refractivity contribution < 1.29 is 9.13 Å². The van der Waals surface area contributed by atoms with Crippen LogP contribution in [-0.4, -0.2) is 19.2 Å². The predicted octanol–water partition coefficient (Wildman–Crippen LogP) is 1.18. The Bertz CT molecular complexity index is 273. The van der Waals surface area contributed by atoms with Crippen molar-refractivity contribution in [3.63, 3.8) is 0 Å². The van der Waals surface area contributed by atoms with Crippen LogP contribution in [0.4, 0.5) is 4.39 Å². The number of hydrogen-bond donors (Lipinski definition) is 1. The Balaban J connectivity index is 2.02. The van der Waals surface area contributed by atoms with Crippen LogP contribution in [0.2, 0.25) is 0 Å². The fourth-order valence-corrected chi connectivity index (χ4v) is 1.08. The molecular weight excluding hydrogens is 157 g/mol. The number of halogens is 1. The first-order valence-electron chi connectivity index (χ1n) is 3.97. The lowest BCUT2D eigenvalue weighted by Crippen LogP contribution is -2.50. The zero-order valence-corrected chi connectivity index (χ0v) is 6.59. The molecule has 0 spiro atoms. The van der Waals surface area contributed by atoms with E-state index in [-0.39, 0.29) is 11.9 Å². The summed E-state index contributed by atoms with van der Waals surface area (Å²) in [7, 11) is 0. The van der Waals surface area contributed by atoms with Gasteiger partial charge in [0.15, 0.2) is 0 Å². The molecule has 3 heteroatoms. The van der Waals surface area contributed by atoms with E-state index in [1.54, 1.807) is 12.1 Å². The molecule has 2 nitrogen and oxygen atoms in total. The summed E-state index contributed by atoms with van der Waals surface area (Å²) >= 11 is 0. The van der Waals surface area contributed by atoms with Crippen molar-refractivity contribution in [3.8, 4) is 5.75 Å². The van der Waals surface area contributed by atoms with Crippen LogP contribution in [0.15, 0.2) is 24.3 Å². The van der Waals surface area contributed by atoms with E-state index in [4.69, 9.17) is 4.74 Å². The lowest BCUT2D eigenvalue weighted by Gasteiger charge is -2.27. The van der Waals surface area contributed by atoms with Crippen molar-refractivity contribution in [2.24, 2.45) is 0 Å². The monoisotopic (exact) mass is 167 g/mol. The molecule has 0 saturated carbocycles. The first-order valence-corrected chi connectivity index (χ1v) is 3.97. The Morgan fingerprint density at radius 1 is 1.42 bits per heavy atom. The molecule has 1 fully saturated rings. The molecule has 1 N–H and O–H groups in total. The van der Waals surface area contributed by atoms with Crippen molar-refractivity contribution in [2.45, 2.75) is 6.10 Å². The quantitative estimate of drug-likeness (QED) is 0.714. The Morgan fingerprint density at radius 3 is 2.83 bits per heavy atom. The maximum atomic E-state index is 12.6. The summed E-state index contributed by atoms with van der Waals surface area (Å²) in [5, 5.41) is 3.08. The van der Waals surface area contributed by atoms with Gasteiger partial charge in [-0.05, 0) is 12.1 Å². The largest absolute Gasteiger partial charge is 0.488 e. The highest BCUT2D eigenvalue weighted by Gasteiger charge is 2.17. The van der Waals surface area contributed by atoms with E-state index in [1.807, 2.05) is 0 Å². The van der Waals surface area contributed by atoms with Gasteiger partial charge < -0.3 is 10.1 Å². The Labute approximate surface area is 70.3 Å². The molecule has 0 aromatic heterocycles. The zero-order chi connectivity index (χ0) is 8.39. The van der Waals surface area contributed by atoms with Gasteiger partial charge in [-0.15, -0.1) is 0 Å². The summed E-state index contributed by atoms with van der Waals surface area (Å²) in [6, 6.07) is 6.22. The molecule has 12 heavy (non-hydrogen) atoms. The molecule has 0 amide bonds. The van der Waals surface area contributed by atoms with Crippen molar-refractivity contribution in [3.05, 3.63) is 30.1 Å². The average molecular weight is 167 g/mol. The van der Waals surface area contributed by atoms with Gasteiger partial charge in [-0.25, -0.2) is 4.39 Å². The van der Waals surface area contributed by atoms with Gasteiger partial charge in [-0.3, -0.25) is 0 Å². The molecule has 0 aliphatic carbocycles. The summed E-state index contributed by atoms with van der Waals surface area (Å²) in [5.41, 5.74) is 0. The van der Waals surface area contributed by atoms with Crippen molar-refractivity contribution in [2.75, 3.05) is 13.1 Å². The summed E-state index contributed by atoms with van der Waals surface area (Å²) in [6.45, 7) is 1.72. The van der Waals surface area contributed by atoms with E-state index in [0.717, 1.165) is 13.1 Å². The van der Waals surface area contributed by atoms with Crippen LogP contribution < -0.4 is 10.1 Å². The van der Waals surface area contributed by atoms with E-state index in [0.29, 0.717) is 5.75 Å². The molecule has 1 heterocycles. The summed E-state index contributed by atoms with van der Waals surface area (Å²) in [5.74, 6) is 0.362. The lowest BCUT2D eigenvalue weighted by atomic mass is 10.2. The maximum absolute atomic E-state index is 12.6. The van der Waals surface area contributed by atoms with E-state index >= 15 is 0 Å². The minimum atomic E-state index is -0.250. The molecule has 0 bridgehead atoms. The normalized spacial score (nSPS) is 17.1. The molecule has 0 atom stereocenters. The third-order valence-corrected chi connectivity index (χ3v) is 1.84. The molecule has 64 valence electrons. The maximum Gasteiger partial charge on any atom is 0.126 e. The van der Waals surface area contributed by atoms with Crippen LogP contribution in [0.25, 0.3) is 0 Å². The molecule has 1 aliphatic rings. The second-order valence-electron chi connectivity index (χ2n) is 2.86. The minimum absolute atomic E-state index is 0.215. The van der Waals surface area contributed by atoms with Gasteiger partial charge in [0, 0.05) is 19.2 Å². The predicted molar refractivity (Wildman–Crippen MR) is 43.7 cm³/mol. The van der Waals surface area contributed by atoms with Crippen LogP contribution in [0.3, 0.4) is 0 Å². The fraction of sp³-hybridized carbons (Fsp3) is 0.333. The van der Waals surface area contributed by atoms with Crippen LogP contribution in [0.1, 0.15) is 0 Å². The third kappa shape index (κ3) is 1.56. The number of hydrogen-bond acceptors (Lipinski definition) is 2. The molecule has 0 unspecified atom stereocenters. The highest BCUT2D eigenvalue weighted by atomic mass is 19.1. The van der Waals surface area contributed by atoms with Gasteiger partial charge in [0.2, 0.25) is 0 Å². The average Bonchev–Trinajstić information content (AvgIpc) is 1.97. The lowest BCUT2D eigenvalue weighted by molar-refractivity contribution is 0.142. The highest BCUT2D eigenvalue weighted by Crippen LogP contribution is 2.14. The fourth-order valence-electron chi connectivity index (χ4n) is 1.08. The molecule has 1 aromatic rings. The number of benzene rings is 1. The highest BCUT2D eigenvalue weighted by molar-refractivity contribution is 5.22. The minimum Gasteiger partial charge on any atom is -0.488 e. The number of rotatable bonds is 2. The van der Waals surface area contributed by atoms with Crippen LogP contribution >= 0.6 is 0 Å². The Hall–Kier alpha value is -1.09. The first-order chi connectivity index (χ1) is 5.84. The summed E-state index contributed by atoms with van der Waals surface area (Å²) in [4.78, 5) is 0. The smallest absolute Gasteiger partial charge is 0.126 e. The van der Waals surface area contributed by atoms with E-state index in [1.165, 1.54) is 12.1 Å². The SMILES string of the molecule is Fc1cccc(OC2CNC2)c1.